The van der Waals surface area contributed by atoms with Gasteiger partial charge in [-0.1, -0.05) is 66.7 Å². The molecule has 190 valence electrons. The zero-order chi connectivity index (χ0) is 25.4. The van der Waals surface area contributed by atoms with Gasteiger partial charge in [-0.05, 0) is 49.3 Å². The fourth-order valence-electron chi connectivity index (χ4n) is 6.22. The van der Waals surface area contributed by atoms with Crippen molar-refractivity contribution in [3.05, 3.63) is 103 Å². The normalized spacial score (nSPS) is 24.2. The van der Waals surface area contributed by atoms with Crippen LogP contribution in [-0.2, 0) is 6.54 Å². The van der Waals surface area contributed by atoms with Crippen LogP contribution in [0.2, 0.25) is 0 Å². The molecule has 0 bridgehead atoms. The molecule has 2 fully saturated rings. The topological polar surface area (TPSA) is 40.4 Å². The highest BCUT2D eigenvalue weighted by Crippen LogP contribution is 2.46. The van der Waals surface area contributed by atoms with Crippen molar-refractivity contribution in [1.29, 1.82) is 0 Å². The molecule has 4 aromatic rings. The molecule has 1 aromatic heterocycles. The van der Waals surface area contributed by atoms with E-state index in [1.54, 1.807) is 6.33 Å². The van der Waals surface area contributed by atoms with Gasteiger partial charge < -0.3 is 9.80 Å². The summed E-state index contributed by atoms with van der Waals surface area (Å²) < 4.78 is 2.20. The first-order chi connectivity index (χ1) is 18.1. The third-order valence-electron chi connectivity index (χ3n) is 7.91. The van der Waals surface area contributed by atoms with Crippen molar-refractivity contribution >= 4 is 25.9 Å². The van der Waals surface area contributed by atoms with E-state index in [9.17, 15) is 0 Å². The summed E-state index contributed by atoms with van der Waals surface area (Å²) in [7, 11) is 2.93. The van der Waals surface area contributed by atoms with E-state index in [1.165, 1.54) is 22.2 Å². The van der Waals surface area contributed by atoms with Crippen LogP contribution in [-0.4, -0.2) is 45.0 Å². The number of hydrogen-bond donors (Lipinski definition) is 0. The zero-order valence-corrected chi connectivity index (χ0v) is 22.7. The van der Waals surface area contributed by atoms with Crippen molar-refractivity contribution in [2.75, 3.05) is 23.0 Å². The van der Waals surface area contributed by atoms with Crippen molar-refractivity contribution < 1.29 is 0 Å². The van der Waals surface area contributed by atoms with E-state index < -0.39 is 0 Å². The monoisotopic (exact) mass is 510 g/mol. The molecule has 0 spiro atoms. The molecule has 5 atom stereocenters. The quantitative estimate of drug-likeness (QED) is 0.341. The summed E-state index contributed by atoms with van der Waals surface area (Å²) in [5.41, 5.74) is 3.88. The number of aromatic nitrogens is 3. The fourth-order valence-corrected chi connectivity index (χ4v) is 6.58. The molecule has 0 N–H and O–H groups in total. The van der Waals surface area contributed by atoms with Crippen molar-refractivity contribution in [2.45, 2.75) is 51.0 Å². The van der Waals surface area contributed by atoms with Gasteiger partial charge in [0, 0.05) is 35.9 Å². The van der Waals surface area contributed by atoms with Crippen LogP contribution in [0, 0.1) is 0 Å². The summed E-state index contributed by atoms with van der Waals surface area (Å²) in [6.07, 6.45) is 2.86. The van der Waals surface area contributed by atoms with Crippen LogP contribution >= 0.6 is 9.24 Å². The average molecular weight is 511 g/mol. The lowest BCUT2D eigenvalue weighted by Crippen LogP contribution is -2.38. The summed E-state index contributed by atoms with van der Waals surface area (Å²) in [6, 6.07) is 31.1. The molecular weight excluding hydrogens is 475 g/mol. The lowest BCUT2D eigenvalue weighted by molar-refractivity contribution is 0.298. The Hall–Kier alpha value is -3.21. The van der Waals surface area contributed by atoms with E-state index in [4.69, 9.17) is 10.1 Å². The molecule has 3 heterocycles. The van der Waals surface area contributed by atoms with Gasteiger partial charge in [0.15, 0.2) is 0 Å². The third kappa shape index (κ3) is 4.65. The molecule has 2 saturated heterocycles. The van der Waals surface area contributed by atoms with Crippen molar-refractivity contribution in [1.82, 2.24) is 19.7 Å². The van der Waals surface area contributed by atoms with E-state index in [1.807, 2.05) is 0 Å². The maximum atomic E-state index is 4.87. The van der Waals surface area contributed by atoms with E-state index in [2.05, 4.69) is 127 Å². The predicted octanol–water partition coefficient (Wildman–Crippen LogP) is 5.03. The Kier molecular flexibility index (Phi) is 6.71. The zero-order valence-electron chi connectivity index (χ0n) is 21.6. The van der Waals surface area contributed by atoms with Gasteiger partial charge in [0.1, 0.15) is 18.3 Å². The molecule has 2 aliphatic heterocycles. The van der Waals surface area contributed by atoms with Gasteiger partial charge in [-0.3, -0.25) is 4.90 Å². The van der Waals surface area contributed by atoms with Crippen LogP contribution in [0.15, 0.2) is 91.3 Å². The second kappa shape index (κ2) is 10.3. The SMILES string of the molecule is C[C@@H]1CN(Cc2ncnn2C2C(c3ccccc3)C[C@@H](C)N2c2ccccc2P)CN1c1ccccc1. The Morgan fingerprint density at radius 1 is 0.865 bits per heavy atom. The minimum absolute atomic E-state index is 0.0573. The lowest BCUT2D eigenvalue weighted by Gasteiger charge is -2.34. The first-order valence-electron chi connectivity index (χ1n) is 13.2. The molecule has 37 heavy (non-hydrogen) atoms. The standard InChI is InChI=1S/C30H35N6P/c1-22-17-26(24-11-5-3-6-12-24)30(35(22)27-15-9-10-16-28(27)37)36-29(31-20-32-36)19-33-18-23(2)34(21-33)25-13-7-4-8-14-25/h3-16,20,22-23,26,30H,17-19,21,37H2,1-2H3/t22-,23-,26?,30?/m1/s1. The molecule has 7 heteroatoms. The molecule has 6 nitrogen and oxygen atoms in total. The number of nitrogens with zero attached hydrogens (tertiary/aromatic N) is 6. The van der Waals surface area contributed by atoms with Crippen molar-refractivity contribution in [3.63, 3.8) is 0 Å². The van der Waals surface area contributed by atoms with Gasteiger partial charge in [-0.25, -0.2) is 9.67 Å². The molecule has 6 rings (SSSR count). The van der Waals surface area contributed by atoms with Gasteiger partial charge >= 0.3 is 0 Å². The first-order valence-corrected chi connectivity index (χ1v) is 13.8. The van der Waals surface area contributed by atoms with Crippen LogP contribution in [0.1, 0.15) is 43.7 Å². The van der Waals surface area contributed by atoms with Crippen molar-refractivity contribution in [2.24, 2.45) is 0 Å². The second-order valence-electron chi connectivity index (χ2n) is 10.4. The molecule has 0 radical (unpaired) electrons. The molecule has 3 unspecified atom stereocenters. The van der Waals surface area contributed by atoms with E-state index in [-0.39, 0.29) is 6.17 Å². The molecule has 2 aliphatic rings. The highest BCUT2D eigenvalue weighted by atomic mass is 31.0. The van der Waals surface area contributed by atoms with Crippen LogP contribution in [0.3, 0.4) is 0 Å². The number of benzene rings is 3. The Morgan fingerprint density at radius 2 is 1.57 bits per heavy atom. The van der Waals surface area contributed by atoms with E-state index in [0.29, 0.717) is 18.0 Å². The van der Waals surface area contributed by atoms with Gasteiger partial charge in [0.25, 0.3) is 0 Å². The summed E-state index contributed by atoms with van der Waals surface area (Å²) in [5, 5.41) is 6.08. The average Bonchev–Trinajstić information content (AvgIpc) is 3.62. The van der Waals surface area contributed by atoms with Gasteiger partial charge in [-0.2, -0.15) is 5.10 Å². The number of hydrogen-bond acceptors (Lipinski definition) is 5. The molecule has 0 aliphatic carbocycles. The first kappa shape index (κ1) is 24.1. The Morgan fingerprint density at radius 3 is 2.32 bits per heavy atom. The third-order valence-corrected chi connectivity index (χ3v) is 8.40. The summed E-state index contributed by atoms with van der Waals surface area (Å²) >= 11 is 0. The van der Waals surface area contributed by atoms with Crippen LogP contribution in [0.4, 0.5) is 11.4 Å². The van der Waals surface area contributed by atoms with Gasteiger partial charge in [-0.15, -0.1) is 9.24 Å². The van der Waals surface area contributed by atoms with Crippen LogP contribution in [0.25, 0.3) is 0 Å². The Balaban J connectivity index is 1.33. The Labute approximate surface area is 222 Å². The minimum atomic E-state index is 0.0573. The highest BCUT2D eigenvalue weighted by molar-refractivity contribution is 7.28. The summed E-state index contributed by atoms with van der Waals surface area (Å²) in [6.45, 7) is 7.31. The summed E-state index contributed by atoms with van der Waals surface area (Å²) in [4.78, 5) is 12.3. The maximum Gasteiger partial charge on any atom is 0.143 e. The molecule has 3 aromatic carbocycles. The van der Waals surface area contributed by atoms with Gasteiger partial charge in [0.2, 0.25) is 0 Å². The summed E-state index contributed by atoms with van der Waals surface area (Å²) in [5.74, 6) is 1.34. The molecular formula is C30H35N6P. The smallest absolute Gasteiger partial charge is 0.143 e. The van der Waals surface area contributed by atoms with Crippen LogP contribution in [0.5, 0.6) is 0 Å². The molecule has 0 amide bonds. The van der Waals surface area contributed by atoms with Crippen LogP contribution < -0.4 is 15.1 Å². The maximum absolute atomic E-state index is 4.87. The lowest BCUT2D eigenvalue weighted by atomic mass is 9.94. The van der Waals surface area contributed by atoms with E-state index in [0.717, 1.165) is 32.0 Å². The number of para-hydroxylation sites is 2. The number of anilines is 2. The van der Waals surface area contributed by atoms with Crippen molar-refractivity contribution in [3.8, 4) is 0 Å². The van der Waals surface area contributed by atoms with Gasteiger partial charge in [0.05, 0.1) is 13.2 Å². The highest BCUT2D eigenvalue weighted by Gasteiger charge is 2.43. The number of rotatable bonds is 6. The fraction of sp³-hybridized carbons (Fsp3) is 0.333. The predicted molar refractivity (Wildman–Crippen MR) is 154 cm³/mol. The minimum Gasteiger partial charge on any atom is -0.355 e. The molecule has 0 saturated carbocycles. The Bertz CT molecular complexity index is 1330. The largest absolute Gasteiger partial charge is 0.355 e. The second-order valence-corrected chi connectivity index (χ2v) is 11.0. The van der Waals surface area contributed by atoms with E-state index >= 15 is 0 Å².